The Bertz CT molecular complexity index is 932. The summed E-state index contributed by atoms with van der Waals surface area (Å²) in [6.45, 7) is 3.64. The Balaban J connectivity index is 1.18. The summed E-state index contributed by atoms with van der Waals surface area (Å²) in [6, 6.07) is 15.4. The highest BCUT2D eigenvalue weighted by Crippen LogP contribution is 2.20. The first-order chi connectivity index (χ1) is 14.2. The number of aliphatic hydroxyl groups is 1. The number of aromatic amines is 1. The molecule has 1 atom stereocenters. The number of nitrogens with zero attached hydrogens (tertiary/aromatic N) is 2. The van der Waals surface area contributed by atoms with Crippen LogP contribution in [-0.2, 0) is 0 Å². The normalized spacial score (nSPS) is 16.7. The molecule has 1 aliphatic heterocycles. The van der Waals surface area contributed by atoms with Crippen LogP contribution in [0.3, 0.4) is 0 Å². The Morgan fingerprint density at radius 3 is 2.79 bits per heavy atom. The average molecular weight is 393 g/mol. The average Bonchev–Trinajstić information content (AvgIpc) is 3.25. The molecule has 1 saturated heterocycles. The molecule has 6 heteroatoms. The molecule has 152 valence electrons. The first-order valence-electron chi connectivity index (χ1n) is 10.4. The molecule has 1 aromatic heterocycles. The monoisotopic (exact) mass is 392 g/mol. The van der Waals surface area contributed by atoms with Gasteiger partial charge in [-0.15, -0.1) is 0 Å². The number of hydrogen-bond donors (Lipinski definition) is 3. The summed E-state index contributed by atoms with van der Waals surface area (Å²) in [5.41, 5.74) is 3.39. The fourth-order valence-electron chi connectivity index (χ4n) is 3.98. The van der Waals surface area contributed by atoms with Gasteiger partial charge in [0.1, 0.15) is 0 Å². The molecule has 0 aliphatic carbocycles. The second-order valence-corrected chi connectivity index (χ2v) is 7.84. The van der Waals surface area contributed by atoms with Crippen molar-refractivity contribution < 1.29 is 9.90 Å². The van der Waals surface area contributed by atoms with Crippen LogP contribution in [0.1, 0.15) is 41.3 Å². The van der Waals surface area contributed by atoms with Gasteiger partial charge in [-0.25, -0.2) is 4.98 Å². The fraction of sp³-hybridized carbons (Fsp3) is 0.391. The number of fused-ring (bicyclic) bond motifs is 1. The molecular weight excluding hydrogens is 364 g/mol. The summed E-state index contributed by atoms with van der Waals surface area (Å²) in [6.07, 6.45) is 4.13. The number of benzene rings is 2. The zero-order valence-electron chi connectivity index (χ0n) is 16.6. The second-order valence-electron chi connectivity index (χ2n) is 7.84. The number of H-pyrrole nitrogens is 1. The fourth-order valence-corrected chi connectivity index (χ4v) is 3.98. The number of hydrogen-bond acceptors (Lipinski definition) is 4. The van der Waals surface area contributed by atoms with Gasteiger partial charge in [0.05, 0.1) is 23.5 Å². The minimum Gasteiger partial charge on any atom is -0.388 e. The van der Waals surface area contributed by atoms with E-state index in [1.807, 2.05) is 48.5 Å². The van der Waals surface area contributed by atoms with Crippen molar-refractivity contribution in [2.24, 2.45) is 5.92 Å². The molecule has 3 aromatic rings. The molecule has 0 saturated carbocycles. The van der Waals surface area contributed by atoms with E-state index in [0.717, 1.165) is 55.5 Å². The molecule has 1 fully saturated rings. The topological polar surface area (TPSA) is 81.2 Å². The molecule has 0 unspecified atom stereocenters. The lowest BCUT2D eigenvalue weighted by Crippen LogP contribution is -2.39. The molecule has 29 heavy (non-hydrogen) atoms. The van der Waals surface area contributed by atoms with Crippen LogP contribution in [0.2, 0.25) is 0 Å². The summed E-state index contributed by atoms with van der Waals surface area (Å²) in [4.78, 5) is 22.1. The van der Waals surface area contributed by atoms with Crippen LogP contribution in [0.15, 0.2) is 54.9 Å². The minimum absolute atomic E-state index is 0.0325. The van der Waals surface area contributed by atoms with Crippen molar-refractivity contribution in [1.29, 1.82) is 0 Å². The second kappa shape index (κ2) is 9.20. The molecule has 0 spiro atoms. The van der Waals surface area contributed by atoms with Gasteiger partial charge in [-0.1, -0.05) is 30.3 Å². The van der Waals surface area contributed by atoms with Crippen LogP contribution < -0.4 is 5.32 Å². The van der Waals surface area contributed by atoms with Gasteiger partial charge in [0.2, 0.25) is 0 Å². The van der Waals surface area contributed by atoms with Crippen LogP contribution in [0.4, 0.5) is 0 Å². The predicted octanol–water partition coefficient (Wildman–Crippen LogP) is 3.13. The highest BCUT2D eigenvalue weighted by Gasteiger charge is 2.20. The Hall–Kier alpha value is -2.70. The first-order valence-corrected chi connectivity index (χ1v) is 10.4. The molecule has 0 bridgehead atoms. The van der Waals surface area contributed by atoms with Crippen molar-refractivity contribution in [2.75, 3.05) is 26.2 Å². The van der Waals surface area contributed by atoms with E-state index in [0.29, 0.717) is 18.0 Å². The summed E-state index contributed by atoms with van der Waals surface area (Å²) < 4.78 is 0. The van der Waals surface area contributed by atoms with E-state index in [2.05, 4.69) is 20.2 Å². The maximum absolute atomic E-state index is 12.4. The summed E-state index contributed by atoms with van der Waals surface area (Å²) in [7, 11) is 0. The van der Waals surface area contributed by atoms with E-state index in [1.54, 1.807) is 6.33 Å². The van der Waals surface area contributed by atoms with Gasteiger partial charge in [-0.05, 0) is 62.0 Å². The van der Waals surface area contributed by atoms with Crippen molar-refractivity contribution in [3.05, 3.63) is 66.0 Å². The van der Waals surface area contributed by atoms with Gasteiger partial charge in [-0.3, -0.25) is 4.79 Å². The van der Waals surface area contributed by atoms with Crippen LogP contribution in [0, 0.1) is 5.92 Å². The number of aromatic nitrogens is 2. The first kappa shape index (κ1) is 19.6. The lowest BCUT2D eigenvalue weighted by atomic mass is 9.96. The maximum Gasteiger partial charge on any atom is 0.251 e. The third kappa shape index (κ3) is 5.02. The lowest BCUT2D eigenvalue weighted by Gasteiger charge is -2.32. The molecule has 2 heterocycles. The Morgan fingerprint density at radius 1 is 1.21 bits per heavy atom. The van der Waals surface area contributed by atoms with Gasteiger partial charge < -0.3 is 20.3 Å². The van der Waals surface area contributed by atoms with Crippen LogP contribution >= 0.6 is 0 Å². The Labute approximate surface area is 171 Å². The van der Waals surface area contributed by atoms with Crippen molar-refractivity contribution in [3.63, 3.8) is 0 Å². The third-order valence-corrected chi connectivity index (χ3v) is 5.84. The molecule has 3 N–H and O–H groups in total. The molecule has 1 aliphatic rings. The Morgan fingerprint density at radius 2 is 2.00 bits per heavy atom. The van der Waals surface area contributed by atoms with Gasteiger partial charge in [0.25, 0.3) is 5.91 Å². The zero-order chi connectivity index (χ0) is 20.1. The number of imidazole rings is 1. The zero-order valence-corrected chi connectivity index (χ0v) is 16.6. The molecule has 1 amide bonds. The standard InChI is InChI=1S/C23H28N4O2/c28-22(18-4-2-1-3-5-18)10-13-27-11-8-17(9-12-27)15-24-23(29)19-6-7-20-21(14-19)26-16-25-20/h1-7,14,16-17,22,28H,8-13,15H2,(H,24,29)(H,25,26)/t22-/m0/s1. The van der Waals surface area contributed by atoms with E-state index in [1.165, 1.54) is 0 Å². The quantitative estimate of drug-likeness (QED) is 0.577. The van der Waals surface area contributed by atoms with E-state index in [9.17, 15) is 9.90 Å². The molecule has 4 rings (SSSR count). The number of carbonyl (C=O) groups is 1. The van der Waals surface area contributed by atoms with Gasteiger partial charge in [-0.2, -0.15) is 0 Å². The maximum atomic E-state index is 12.4. The highest BCUT2D eigenvalue weighted by atomic mass is 16.3. The van der Waals surface area contributed by atoms with Crippen molar-refractivity contribution >= 4 is 16.9 Å². The van der Waals surface area contributed by atoms with Gasteiger partial charge in [0.15, 0.2) is 0 Å². The predicted molar refractivity (Wildman–Crippen MR) is 114 cm³/mol. The minimum atomic E-state index is -0.402. The number of piperidine rings is 1. The van der Waals surface area contributed by atoms with E-state index in [4.69, 9.17) is 0 Å². The number of likely N-dealkylation sites (tertiary alicyclic amines) is 1. The van der Waals surface area contributed by atoms with Crippen LogP contribution in [0.25, 0.3) is 11.0 Å². The number of amides is 1. The van der Waals surface area contributed by atoms with Crippen molar-refractivity contribution in [1.82, 2.24) is 20.2 Å². The van der Waals surface area contributed by atoms with Crippen molar-refractivity contribution in [2.45, 2.75) is 25.4 Å². The third-order valence-electron chi connectivity index (χ3n) is 5.84. The summed E-state index contributed by atoms with van der Waals surface area (Å²) in [5.74, 6) is 0.472. The largest absolute Gasteiger partial charge is 0.388 e. The lowest BCUT2D eigenvalue weighted by molar-refractivity contribution is 0.0928. The summed E-state index contributed by atoms with van der Waals surface area (Å²) >= 11 is 0. The van der Waals surface area contributed by atoms with E-state index in [-0.39, 0.29) is 5.91 Å². The highest BCUT2D eigenvalue weighted by molar-refractivity contribution is 5.97. The number of aliphatic hydroxyl groups excluding tert-OH is 1. The molecule has 0 radical (unpaired) electrons. The summed E-state index contributed by atoms with van der Waals surface area (Å²) in [5, 5.41) is 13.4. The van der Waals surface area contributed by atoms with E-state index < -0.39 is 6.10 Å². The van der Waals surface area contributed by atoms with E-state index >= 15 is 0 Å². The van der Waals surface area contributed by atoms with Crippen molar-refractivity contribution in [3.8, 4) is 0 Å². The van der Waals surface area contributed by atoms with Gasteiger partial charge >= 0.3 is 0 Å². The molecular formula is C23H28N4O2. The van der Waals surface area contributed by atoms with Crippen LogP contribution in [-0.4, -0.2) is 52.1 Å². The smallest absolute Gasteiger partial charge is 0.251 e. The molecule has 6 nitrogen and oxygen atoms in total. The number of rotatable bonds is 7. The number of carbonyl (C=O) groups excluding carboxylic acids is 1. The van der Waals surface area contributed by atoms with Gasteiger partial charge in [0, 0.05) is 18.7 Å². The number of nitrogens with one attached hydrogen (secondary N) is 2. The SMILES string of the molecule is O=C(NCC1CCN(CC[C@H](O)c2ccccc2)CC1)c1ccc2nc[nH]c2c1. The Kier molecular flexibility index (Phi) is 6.22. The molecule has 2 aromatic carbocycles. The van der Waals surface area contributed by atoms with Crippen LogP contribution in [0.5, 0.6) is 0 Å².